The summed E-state index contributed by atoms with van der Waals surface area (Å²) in [5.41, 5.74) is 0.747. The molecule has 0 unspecified atom stereocenters. The Bertz CT molecular complexity index is 721. The molecule has 0 atom stereocenters. The van der Waals surface area contributed by atoms with Crippen molar-refractivity contribution >= 4 is 45.9 Å². The lowest BCUT2D eigenvalue weighted by Gasteiger charge is -2.05. The molecule has 0 radical (unpaired) electrons. The molecule has 0 aliphatic rings. The molecule has 2 heterocycles. The van der Waals surface area contributed by atoms with E-state index in [4.69, 9.17) is 14.6 Å². The average molecular weight is 377 g/mol. The normalized spacial score (nSPS) is 10.4. The first kappa shape index (κ1) is 20.1. The summed E-state index contributed by atoms with van der Waals surface area (Å²) in [7, 11) is 1.61. The van der Waals surface area contributed by atoms with Crippen molar-refractivity contribution in [1.29, 1.82) is 0 Å². The summed E-state index contributed by atoms with van der Waals surface area (Å²) < 4.78 is 10.1. The molecule has 8 nitrogen and oxygen atoms in total. The van der Waals surface area contributed by atoms with Crippen molar-refractivity contribution in [3.8, 4) is 5.75 Å². The van der Waals surface area contributed by atoms with Crippen molar-refractivity contribution in [1.82, 2.24) is 10.3 Å². The first-order valence-electron chi connectivity index (χ1n) is 6.73. The number of pyridine rings is 1. The summed E-state index contributed by atoms with van der Waals surface area (Å²) in [5.74, 6) is -2.30. The number of nitrogens with zero attached hydrogens (tertiary/aromatic N) is 1. The van der Waals surface area contributed by atoms with Crippen LogP contribution in [0.1, 0.15) is 15.4 Å². The van der Waals surface area contributed by atoms with E-state index in [9.17, 15) is 14.7 Å². The molecule has 0 aliphatic heterocycles. The van der Waals surface area contributed by atoms with Crippen LogP contribution in [-0.2, 0) is 16.1 Å². The number of hydrogen-bond acceptors (Lipinski definition) is 7. The van der Waals surface area contributed by atoms with Crippen LogP contribution in [0.3, 0.4) is 0 Å². The van der Waals surface area contributed by atoms with Crippen molar-refractivity contribution in [2.75, 3.05) is 26.9 Å². The third kappa shape index (κ3) is 5.03. The molecule has 2 rings (SSSR count). The maximum atomic E-state index is 11.3. The fourth-order valence-electron chi connectivity index (χ4n) is 1.90. The molecule has 0 amide bonds. The number of aromatic nitrogens is 1. The molecule has 0 saturated carbocycles. The number of halogens is 1. The van der Waals surface area contributed by atoms with Gasteiger partial charge in [-0.2, -0.15) is 0 Å². The zero-order valence-corrected chi connectivity index (χ0v) is 14.4. The first-order chi connectivity index (χ1) is 11.0. The molecule has 0 bridgehead atoms. The fourth-order valence-corrected chi connectivity index (χ4v) is 2.88. The second kappa shape index (κ2) is 9.38. The minimum Gasteiger partial charge on any atom is -0.479 e. The minimum atomic E-state index is -1.17. The highest BCUT2D eigenvalue weighted by atomic mass is 35.5. The standard InChI is InChI=1S/C14H16N2O6S.ClH/c1-21-5-4-15-6-8-2-3-9-11(22-7-10(17)18)12(14(19)20)23-13(9)16-8;/h2-3,15H,4-7H2,1H3,(H,17,18)(H,19,20);1H. The number of carboxylic acid groups (broad SMARTS) is 2. The van der Waals surface area contributed by atoms with E-state index in [0.717, 1.165) is 17.0 Å². The molecule has 24 heavy (non-hydrogen) atoms. The van der Waals surface area contributed by atoms with Gasteiger partial charge in [-0.05, 0) is 12.1 Å². The molecule has 3 N–H and O–H groups in total. The number of rotatable bonds is 9. The number of thiophene rings is 1. The molecule has 0 spiro atoms. The van der Waals surface area contributed by atoms with Crippen LogP contribution in [-0.4, -0.2) is 54.0 Å². The van der Waals surface area contributed by atoms with Crippen molar-refractivity contribution < 1.29 is 29.3 Å². The highest BCUT2D eigenvalue weighted by molar-refractivity contribution is 7.20. The van der Waals surface area contributed by atoms with Crippen LogP contribution in [0, 0.1) is 0 Å². The summed E-state index contributed by atoms with van der Waals surface area (Å²) in [6, 6.07) is 3.43. The number of hydrogen-bond donors (Lipinski definition) is 3. The topological polar surface area (TPSA) is 118 Å². The summed E-state index contributed by atoms with van der Waals surface area (Å²) >= 11 is 0.960. The lowest BCUT2D eigenvalue weighted by molar-refractivity contribution is -0.139. The molecular formula is C14H17ClN2O6S. The summed E-state index contributed by atoms with van der Waals surface area (Å²) in [4.78, 5) is 26.8. The van der Waals surface area contributed by atoms with Crippen molar-refractivity contribution in [3.05, 3.63) is 22.7 Å². The van der Waals surface area contributed by atoms with E-state index in [1.54, 1.807) is 19.2 Å². The van der Waals surface area contributed by atoms with Crippen molar-refractivity contribution in [2.24, 2.45) is 0 Å². The summed E-state index contributed by atoms with van der Waals surface area (Å²) in [6.07, 6.45) is 0. The Morgan fingerprint density at radius 3 is 2.71 bits per heavy atom. The van der Waals surface area contributed by atoms with E-state index in [1.807, 2.05) is 0 Å². The van der Waals surface area contributed by atoms with Gasteiger partial charge in [-0.25, -0.2) is 14.6 Å². The number of aliphatic carboxylic acids is 1. The van der Waals surface area contributed by atoms with Crippen LogP contribution < -0.4 is 10.1 Å². The van der Waals surface area contributed by atoms with Crippen LogP contribution in [0.15, 0.2) is 12.1 Å². The van der Waals surface area contributed by atoms with Gasteiger partial charge in [0.05, 0.1) is 17.7 Å². The highest BCUT2D eigenvalue weighted by Gasteiger charge is 2.21. The molecule has 0 aromatic carbocycles. The van der Waals surface area contributed by atoms with Gasteiger partial charge in [0.2, 0.25) is 0 Å². The molecule has 10 heteroatoms. The predicted molar refractivity (Wildman–Crippen MR) is 90.5 cm³/mol. The number of fused-ring (bicyclic) bond motifs is 1. The summed E-state index contributed by atoms with van der Waals surface area (Å²) in [5, 5.41) is 21.6. The lowest BCUT2D eigenvalue weighted by atomic mass is 10.2. The van der Waals surface area contributed by atoms with Gasteiger partial charge >= 0.3 is 11.9 Å². The molecule has 0 fully saturated rings. The van der Waals surface area contributed by atoms with E-state index >= 15 is 0 Å². The Balaban J connectivity index is 0.00000288. The van der Waals surface area contributed by atoms with Gasteiger partial charge in [-0.3, -0.25) is 0 Å². The smallest absolute Gasteiger partial charge is 0.349 e. The zero-order valence-electron chi connectivity index (χ0n) is 12.8. The predicted octanol–water partition coefficient (Wildman–Crippen LogP) is 1.62. The number of nitrogens with one attached hydrogen (secondary N) is 1. The summed E-state index contributed by atoms with van der Waals surface area (Å²) in [6.45, 7) is 1.17. The molecule has 0 aliphatic carbocycles. The van der Waals surface area contributed by atoms with E-state index in [2.05, 4.69) is 10.3 Å². The van der Waals surface area contributed by atoms with E-state index in [-0.39, 0.29) is 23.0 Å². The second-order valence-electron chi connectivity index (χ2n) is 4.57. The molecular weight excluding hydrogens is 360 g/mol. The van der Waals surface area contributed by atoms with Gasteiger partial charge < -0.3 is 25.0 Å². The Morgan fingerprint density at radius 1 is 1.33 bits per heavy atom. The van der Waals surface area contributed by atoms with Crippen molar-refractivity contribution in [2.45, 2.75) is 6.54 Å². The first-order valence-corrected chi connectivity index (χ1v) is 7.54. The van der Waals surface area contributed by atoms with Crippen LogP contribution >= 0.6 is 23.7 Å². The highest BCUT2D eigenvalue weighted by Crippen LogP contribution is 2.37. The van der Waals surface area contributed by atoms with E-state index in [0.29, 0.717) is 29.9 Å². The minimum absolute atomic E-state index is 0. The van der Waals surface area contributed by atoms with Gasteiger partial charge in [0.15, 0.2) is 17.2 Å². The lowest BCUT2D eigenvalue weighted by Crippen LogP contribution is -2.19. The van der Waals surface area contributed by atoms with Gasteiger partial charge in [-0.15, -0.1) is 23.7 Å². The van der Waals surface area contributed by atoms with Crippen molar-refractivity contribution in [3.63, 3.8) is 0 Å². The molecule has 2 aromatic heterocycles. The van der Waals surface area contributed by atoms with Crippen LogP contribution in [0.25, 0.3) is 10.2 Å². The van der Waals surface area contributed by atoms with Gasteiger partial charge in [0.25, 0.3) is 0 Å². The number of methoxy groups -OCH3 is 1. The molecule has 132 valence electrons. The fraction of sp³-hybridized carbons (Fsp3) is 0.357. The third-order valence-corrected chi connectivity index (χ3v) is 3.96. The number of carboxylic acids is 2. The Hall–Kier alpha value is -1.94. The Morgan fingerprint density at radius 2 is 2.08 bits per heavy atom. The average Bonchev–Trinajstić information content (AvgIpc) is 2.87. The van der Waals surface area contributed by atoms with E-state index in [1.165, 1.54) is 0 Å². The monoisotopic (exact) mass is 376 g/mol. The number of aromatic carboxylic acids is 1. The maximum Gasteiger partial charge on any atom is 0.349 e. The zero-order chi connectivity index (χ0) is 16.8. The SMILES string of the molecule is COCCNCc1ccc2c(OCC(=O)O)c(C(=O)O)sc2n1.Cl. The quantitative estimate of drug-likeness (QED) is 0.565. The second-order valence-corrected chi connectivity index (χ2v) is 5.57. The number of carbonyl (C=O) groups is 2. The van der Waals surface area contributed by atoms with Crippen LogP contribution in [0.4, 0.5) is 0 Å². The third-order valence-electron chi connectivity index (χ3n) is 2.89. The number of ether oxygens (including phenoxy) is 2. The van der Waals surface area contributed by atoms with Crippen LogP contribution in [0.2, 0.25) is 0 Å². The Kier molecular flexibility index (Phi) is 7.86. The van der Waals surface area contributed by atoms with Gasteiger partial charge in [0, 0.05) is 20.2 Å². The Labute approximate surface area is 147 Å². The van der Waals surface area contributed by atoms with Gasteiger partial charge in [0.1, 0.15) is 4.83 Å². The van der Waals surface area contributed by atoms with E-state index < -0.39 is 18.5 Å². The van der Waals surface area contributed by atoms with Crippen LogP contribution in [0.5, 0.6) is 5.75 Å². The largest absolute Gasteiger partial charge is 0.479 e. The maximum absolute atomic E-state index is 11.3. The molecule has 0 saturated heterocycles. The molecule has 2 aromatic rings. The van der Waals surface area contributed by atoms with Gasteiger partial charge in [-0.1, -0.05) is 0 Å².